The zero-order chi connectivity index (χ0) is 8.77. The lowest BCUT2D eigenvalue weighted by molar-refractivity contribution is 0.112. The summed E-state index contributed by atoms with van der Waals surface area (Å²) in [6.45, 7) is 0. The third kappa shape index (κ3) is 0.911. The molecule has 3 N–H and O–H groups in total. The molecule has 1 aliphatic carbocycles. The summed E-state index contributed by atoms with van der Waals surface area (Å²) in [7, 11) is 0. The number of aromatic amines is 1. The molecule has 4 nitrogen and oxygen atoms in total. The van der Waals surface area contributed by atoms with Crippen LogP contribution < -0.4 is 5.73 Å². The average molecular weight is 174 g/mol. The normalized spacial score (nSPS) is 34.2. The predicted molar refractivity (Wildman–Crippen MR) is 36.4 cm³/mol. The van der Waals surface area contributed by atoms with Crippen LogP contribution in [0.25, 0.3) is 0 Å². The first-order valence-electron chi connectivity index (χ1n) is 3.58. The molecule has 66 valence electrons. The molecule has 1 aromatic heterocycles. The van der Waals surface area contributed by atoms with Crippen molar-refractivity contribution in [2.24, 2.45) is 11.7 Å². The fourth-order valence-corrected chi connectivity index (χ4v) is 1.35. The summed E-state index contributed by atoms with van der Waals surface area (Å²) in [5, 5.41) is 9.42. The van der Waals surface area contributed by atoms with E-state index < -0.39 is 17.9 Å². The Kier molecular flexibility index (Phi) is 1.41. The third-order valence-corrected chi connectivity index (χ3v) is 2.28. The van der Waals surface area contributed by atoms with E-state index in [4.69, 9.17) is 5.73 Å². The Labute approximate surface area is 67.1 Å². The van der Waals surface area contributed by atoms with Gasteiger partial charge in [0, 0.05) is 5.92 Å². The summed E-state index contributed by atoms with van der Waals surface area (Å²) in [5.41, 5.74) is 5.24. The molecule has 0 saturated heterocycles. The van der Waals surface area contributed by atoms with Crippen molar-refractivity contribution in [1.82, 2.24) is 15.4 Å². The molecule has 1 heterocycles. The number of nitrogens with two attached hydrogens (primary N) is 1. The van der Waals surface area contributed by atoms with E-state index in [1.165, 1.54) is 6.20 Å². The number of nitrogens with one attached hydrogen (secondary N) is 1. The Bertz CT molecular complexity index is 273. The second-order valence-corrected chi connectivity index (χ2v) is 3.06. The molecular formula is C6H8F2N4. The highest BCUT2D eigenvalue weighted by Gasteiger charge is 2.58. The molecule has 2 rings (SSSR count). The van der Waals surface area contributed by atoms with Crippen LogP contribution in [0.3, 0.4) is 0 Å². The molecular weight excluding hydrogens is 166 g/mol. The predicted octanol–water partition coefficient (Wildman–Crippen LogP) is 0.244. The van der Waals surface area contributed by atoms with Crippen molar-refractivity contribution in [1.29, 1.82) is 0 Å². The van der Waals surface area contributed by atoms with Crippen LogP contribution in [0.2, 0.25) is 0 Å². The third-order valence-electron chi connectivity index (χ3n) is 2.28. The van der Waals surface area contributed by atoms with Gasteiger partial charge in [-0.2, -0.15) is 0 Å². The standard InChI is InChI=1S/C6H8F2N4/c7-5(8)3-1-6(3,9)4-2-10-12-11-4/h2-3,5H,1,9H2,(H,10,11,12)/t3-,6+/m0/s1. The van der Waals surface area contributed by atoms with Gasteiger partial charge in [-0.05, 0) is 6.42 Å². The minimum atomic E-state index is -2.36. The van der Waals surface area contributed by atoms with Crippen molar-refractivity contribution in [3.8, 4) is 0 Å². The summed E-state index contributed by atoms with van der Waals surface area (Å²) in [5.74, 6) is -0.750. The van der Waals surface area contributed by atoms with E-state index >= 15 is 0 Å². The van der Waals surface area contributed by atoms with E-state index in [1.807, 2.05) is 0 Å². The fourth-order valence-electron chi connectivity index (χ4n) is 1.35. The average Bonchev–Trinajstić information content (AvgIpc) is 2.52. The first-order chi connectivity index (χ1) is 5.64. The van der Waals surface area contributed by atoms with Crippen molar-refractivity contribution in [2.75, 3.05) is 0 Å². The van der Waals surface area contributed by atoms with Crippen LogP contribution in [0.15, 0.2) is 6.20 Å². The van der Waals surface area contributed by atoms with Crippen molar-refractivity contribution < 1.29 is 8.78 Å². The van der Waals surface area contributed by atoms with Crippen LogP contribution in [0.1, 0.15) is 12.1 Å². The molecule has 0 bridgehead atoms. The van der Waals surface area contributed by atoms with Gasteiger partial charge >= 0.3 is 0 Å². The molecule has 1 aliphatic rings. The van der Waals surface area contributed by atoms with E-state index in [2.05, 4.69) is 15.4 Å². The van der Waals surface area contributed by atoms with Gasteiger partial charge in [-0.1, -0.05) is 5.21 Å². The Hall–Kier alpha value is -1.04. The molecule has 12 heavy (non-hydrogen) atoms. The van der Waals surface area contributed by atoms with Gasteiger partial charge in [-0.15, -0.1) is 5.10 Å². The van der Waals surface area contributed by atoms with Crippen LogP contribution in [-0.4, -0.2) is 21.8 Å². The van der Waals surface area contributed by atoms with Crippen molar-refractivity contribution in [3.63, 3.8) is 0 Å². The zero-order valence-corrected chi connectivity index (χ0v) is 6.17. The fraction of sp³-hybridized carbons (Fsp3) is 0.667. The van der Waals surface area contributed by atoms with Crippen molar-refractivity contribution in [2.45, 2.75) is 18.4 Å². The van der Waals surface area contributed by atoms with Gasteiger partial charge in [0.15, 0.2) is 0 Å². The topological polar surface area (TPSA) is 67.6 Å². The van der Waals surface area contributed by atoms with E-state index in [0.717, 1.165) is 0 Å². The van der Waals surface area contributed by atoms with Crippen LogP contribution in [0.4, 0.5) is 8.78 Å². The lowest BCUT2D eigenvalue weighted by Crippen LogP contribution is -2.25. The monoisotopic (exact) mass is 174 g/mol. The maximum atomic E-state index is 12.2. The largest absolute Gasteiger partial charge is 0.320 e. The second-order valence-electron chi connectivity index (χ2n) is 3.06. The van der Waals surface area contributed by atoms with Gasteiger partial charge in [0.1, 0.15) is 0 Å². The molecule has 0 aromatic carbocycles. The van der Waals surface area contributed by atoms with Gasteiger partial charge in [0.05, 0.1) is 17.4 Å². The highest BCUT2D eigenvalue weighted by atomic mass is 19.3. The number of alkyl halides is 2. The summed E-state index contributed by atoms with van der Waals surface area (Å²) in [6.07, 6.45) is -0.671. The van der Waals surface area contributed by atoms with Crippen molar-refractivity contribution >= 4 is 0 Å². The van der Waals surface area contributed by atoms with Crippen LogP contribution in [0.5, 0.6) is 0 Å². The van der Waals surface area contributed by atoms with Gasteiger partial charge < -0.3 is 5.73 Å². The molecule has 6 heteroatoms. The van der Waals surface area contributed by atoms with Gasteiger partial charge in [0.25, 0.3) is 0 Å². The quantitative estimate of drug-likeness (QED) is 0.675. The van der Waals surface area contributed by atoms with Crippen LogP contribution in [0, 0.1) is 5.92 Å². The summed E-state index contributed by atoms with van der Waals surface area (Å²) >= 11 is 0. The maximum Gasteiger partial charge on any atom is 0.243 e. The summed E-state index contributed by atoms with van der Waals surface area (Å²) < 4.78 is 24.3. The molecule has 0 aliphatic heterocycles. The van der Waals surface area contributed by atoms with E-state index in [1.54, 1.807) is 0 Å². The smallest absolute Gasteiger partial charge is 0.243 e. The van der Waals surface area contributed by atoms with E-state index in [0.29, 0.717) is 12.1 Å². The number of rotatable bonds is 2. The first kappa shape index (κ1) is 7.60. The maximum absolute atomic E-state index is 12.2. The van der Waals surface area contributed by atoms with Gasteiger partial charge in [-0.3, -0.25) is 5.10 Å². The number of nitrogens with zero attached hydrogens (tertiary/aromatic N) is 2. The Morgan fingerprint density at radius 2 is 2.50 bits per heavy atom. The number of hydrogen-bond donors (Lipinski definition) is 2. The molecule has 0 amide bonds. The SMILES string of the molecule is N[C@]1(c2cnn[nH]2)C[C@H]1C(F)F. The minimum Gasteiger partial charge on any atom is -0.320 e. The summed E-state index contributed by atoms with van der Waals surface area (Å²) in [6, 6.07) is 0. The molecule has 1 saturated carbocycles. The first-order valence-corrected chi connectivity index (χ1v) is 3.58. The minimum absolute atomic E-state index is 0.300. The Balaban J connectivity index is 2.17. The molecule has 1 aromatic rings. The number of hydrogen-bond acceptors (Lipinski definition) is 3. The molecule has 1 fully saturated rings. The number of H-pyrrole nitrogens is 1. The number of aromatic nitrogens is 3. The Morgan fingerprint density at radius 1 is 1.75 bits per heavy atom. The molecule has 0 radical (unpaired) electrons. The van der Waals surface area contributed by atoms with Crippen LogP contribution >= 0.6 is 0 Å². The highest BCUT2D eigenvalue weighted by molar-refractivity contribution is 5.22. The molecule has 0 spiro atoms. The van der Waals surface area contributed by atoms with Crippen LogP contribution in [-0.2, 0) is 5.54 Å². The van der Waals surface area contributed by atoms with E-state index in [-0.39, 0.29) is 0 Å². The van der Waals surface area contributed by atoms with Gasteiger partial charge in [-0.25, -0.2) is 8.78 Å². The lowest BCUT2D eigenvalue weighted by Gasteiger charge is -2.06. The molecule has 0 unspecified atom stereocenters. The second kappa shape index (κ2) is 2.22. The molecule has 2 atom stereocenters. The van der Waals surface area contributed by atoms with Crippen molar-refractivity contribution in [3.05, 3.63) is 11.9 Å². The lowest BCUT2D eigenvalue weighted by atomic mass is 10.1. The number of halogens is 2. The highest BCUT2D eigenvalue weighted by Crippen LogP contribution is 2.51. The van der Waals surface area contributed by atoms with Gasteiger partial charge in [0.2, 0.25) is 6.43 Å². The van der Waals surface area contributed by atoms with E-state index in [9.17, 15) is 8.78 Å². The Morgan fingerprint density at radius 3 is 2.92 bits per heavy atom. The zero-order valence-electron chi connectivity index (χ0n) is 6.17. The summed E-state index contributed by atoms with van der Waals surface area (Å²) in [4.78, 5) is 0.